The molecule has 2 aromatic rings. The molecule has 7 nitrogen and oxygen atoms in total. The molecule has 7 heteroatoms. The van der Waals surface area contributed by atoms with Crippen LogP contribution in [-0.2, 0) is 23.2 Å². The van der Waals surface area contributed by atoms with E-state index in [9.17, 15) is 9.59 Å². The molecule has 1 aliphatic carbocycles. The summed E-state index contributed by atoms with van der Waals surface area (Å²) in [6.07, 6.45) is 8.08. The molecule has 1 aliphatic heterocycles. The van der Waals surface area contributed by atoms with Crippen molar-refractivity contribution >= 4 is 11.9 Å². The van der Waals surface area contributed by atoms with Crippen LogP contribution in [0, 0.1) is 0 Å². The minimum Gasteiger partial charge on any atom is -0.347 e. The Morgan fingerprint density at radius 3 is 2.93 bits per heavy atom. The third kappa shape index (κ3) is 3.41. The van der Waals surface area contributed by atoms with Crippen molar-refractivity contribution in [1.82, 2.24) is 19.4 Å². The predicted molar refractivity (Wildman–Crippen MR) is 107 cm³/mol. The summed E-state index contributed by atoms with van der Waals surface area (Å²) in [4.78, 5) is 38.0. The van der Waals surface area contributed by atoms with E-state index in [-0.39, 0.29) is 16.9 Å². The fourth-order valence-electron chi connectivity index (χ4n) is 4.51. The van der Waals surface area contributed by atoms with E-state index in [1.54, 1.807) is 16.8 Å². The van der Waals surface area contributed by atoms with Gasteiger partial charge in [0.1, 0.15) is 0 Å². The van der Waals surface area contributed by atoms with Gasteiger partial charge in [-0.15, -0.1) is 0 Å². The summed E-state index contributed by atoms with van der Waals surface area (Å²) < 4.78 is 1.60. The van der Waals surface area contributed by atoms with Crippen molar-refractivity contribution in [2.24, 2.45) is 0 Å². The summed E-state index contributed by atoms with van der Waals surface area (Å²) in [5.74, 6) is 0.845. The monoisotopic (exact) mass is 381 g/mol. The van der Waals surface area contributed by atoms with Crippen LogP contribution in [-0.4, -0.2) is 52.5 Å². The Morgan fingerprint density at radius 1 is 1.29 bits per heavy atom. The van der Waals surface area contributed by atoms with Crippen molar-refractivity contribution in [3.8, 4) is 0 Å². The molecule has 28 heavy (non-hydrogen) atoms. The average Bonchev–Trinajstić information content (AvgIpc) is 3.04. The molecule has 3 heterocycles. The van der Waals surface area contributed by atoms with Gasteiger partial charge in [0.15, 0.2) is 0 Å². The molecular weight excluding hydrogens is 354 g/mol. The number of rotatable bonds is 4. The number of aryl methyl sites for hydroxylation is 2. The fourth-order valence-corrected chi connectivity index (χ4v) is 4.51. The van der Waals surface area contributed by atoms with E-state index in [1.165, 1.54) is 11.6 Å². The van der Waals surface area contributed by atoms with E-state index in [0.717, 1.165) is 43.9 Å². The van der Waals surface area contributed by atoms with Gasteiger partial charge in [0.05, 0.1) is 5.69 Å². The summed E-state index contributed by atoms with van der Waals surface area (Å²) in [5, 5.41) is 0. The second-order valence-electron chi connectivity index (χ2n) is 8.12. The van der Waals surface area contributed by atoms with Crippen molar-refractivity contribution in [2.45, 2.75) is 44.1 Å². The second kappa shape index (κ2) is 7.37. The highest BCUT2D eigenvalue weighted by Crippen LogP contribution is 2.44. The van der Waals surface area contributed by atoms with Gasteiger partial charge in [-0.2, -0.15) is 0 Å². The molecule has 2 aromatic heterocycles. The summed E-state index contributed by atoms with van der Waals surface area (Å²) in [6.45, 7) is 1.92. The lowest BCUT2D eigenvalue weighted by Gasteiger charge is -2.40. The van der Waals surface area contributed by atoms with Gasteiger partial charge in [0.2, 0.25) is 11.9 Å². The number of anilines is 1. The van der Waals surface area contributed by atoms with Crippen molar-refractivity contribution in [2.75, 3.05) is 32.1 Å². The molecule has 0 saturated carbocycles. The molecule has 0 bridgehead atoms. The molecule has 4 rings (SSSR count). The first kappa shape index (κ1) is 18.7. The molecule has 1 unspecified atom stereocenters. The highest BCUT2D eigenvalue weighted by atomic mass is 16.2. The molecule has 1 amide bonds. The number of piperidine rings is 1. The first-order valence-electron chi connectivity index (χ1n) is 9.95. The van der Waals surface area contributed by atoms with Crippen LogP contribution < -0.4 is 10.5 Å². The van der Waals surface area contributed by atoms with Crippen LogP contribution in [0.1, 0.15) is 36.9 Å². The van der Waals surface area contributed by atoms with E-state index in [4.69, 9.17) is 4.98 Å². The SMILES string of the molecule is CN(C)c1ncc2c(n1)C1(CCCN(C(=O)CCn3ccccc3=O)C1)CC2. The largest absolute Gasteiger partial charge is 0.347 e. The molecule has 0 N–H and O–H groups in total. The van der Waals surface area contributed by atoms with Crippen LogP contribution in [0.15, 0.2) is 35.4 Å². The molecule has 1 saturated heterocycles. The maximum absolute atomic E-state index is 12.9. The van der Waals surface area contributed by atoms with Crippen molar-refractivity contribution in [3.05, 3.63) is 52.2 Å². The van der Waals surface area contributed by atoms with E-state index < -0.39 is 0 Å². The molecule has 1 fully saturated rings. The lowest BCUT2D eigenvalue weighted by Crippen LogP contribution is -2.48. The second-order valence-corrected chi connectivity index (χ2v) is 8.12. The zero-order chi connectivity index (χ0) is 19.7. The van der Waals surface area contributed by atoms with Gasteiger partial charge in [-0.1, -0.05) is 6.07 Å². The van der Waals surface area contributed by atoms with E-state index in [0.29, 0.717) is 19.5 Å². The minimum atomic E-state index is -0.0666. The van der Waals surface area contributed by atoms with Crippen molar-refractivity contribution in [3.63, 3.8) is 0 Å². The van der Waals surface area contributed by atoms with E-state index in [2.05, 4.69) is 4.98 Å². The highest BCUT2D eigenvalue weighted by Gasteiger charge is 2.44. The van der Waals surface area contributed by atoms with Crippen LogP contribution in [0.3, 0.4) is 0 Å². The van der Waals surface area contributed by atoms with Gasteiger partial charge in [-0.25, -0.2) is 9.97 Å². The Bertz CT molecular complexity index is 934. The Balaban J connectivity index is 1.50. The van der Waals surface area contributed by atoms with Gasteiger partial charge in [-0.05, 0) is 37.3 Å². The van der Waals surface area contributed by atoms with Gasteiger partial charge in [-0.3, -0.25) is 9.59 Å². The Hall–Kier alpha value is -2.70. The van der Waals surface area contributed by atoms with Crippen LogP contribution in [0.2, 0.25) is 0 Å². The van der Waals surface area contributed by atoms with Crippen LogP contribution >= 0.6 is 0 Å². The topological polar surface area (TPSA) is 71.3 Å². The molecule has 148 valence electrons. The summed E-state index contributed by atoms with van der Waals surface area (Å²) in [5.41, 5.74) is 2.22. The molecule has 0 radical (unpaired) electrons. The quantitative estimate of drug-likeness (QED) is 0.805. The predicted octanol–water partition coefficient (Wildman–Crippen LogP) is 1.60. The molecule has 0 aromatic carbocycles. The number of likely N-dealkylation sites (tertiary alicyclic amines) is 1. The van der Waals surface area contributed by atoms with Gasteiger partial charge in [0, 0.05) is 64.0 Å². The Kier molecular flexibility index (Phi) is 4.91. The zero-order valence-corrected chi connectivity index (χ0v) is 16.6. The standard InChI is InChI=1S/C21H27N5O2/c1-24(2)20-22-14-16-7-10-21(19(16)23-20)9-5-12-26(15-21)18(28)8-13-25-11-4-3-6-17(25)27/h3-4,6,11,14H,5,7-10,12-13,15H2,1-2H3. The summed E-state index contributed by atoms with van der Waals surface area (Å²) >= 11 is 0. The van der Waals surface area contributed by atoms with E-state index in [1.807, 2.05) is 36.2 Å². The number of aromatic nitrogens is 3. The minimum absolute atomic E-state index is 0.0550. The number of pyridine rings is 1. The Labute approximate surface area is 165 Å². The summed E-state index contributed by atoms with van der Waals surface area (Å²) in [7, 11) is 3.90. The number of carbonyl (C=O) groups is 1. The smallest absolute Gasteiger partial charge is 0.250 e. The highest BCUT2D eigenvalue weighted by molar-refractivity contribution is 5.76. The van der Waals surface area contributed by atoms with Crippen molar-refractivity contribution < 1.29 is 4.79 Å². The third-order valence-corrected chi connectivity index (χ3v) is 6.02. The number of hydrogen-bond donors (Lipinski definition) is 0. The average molecular weight is 381 g/mol. The van der Waals surface area contributed by atoms with Crippen LogP contribution in [0.5, 0.6) is 0 Å². The van der Waals surface area contributed by atoms with Gasteiger partial charge < -0.3 is 14.4 Å². The van der Waals surface area contributed by atoms with Gasteiger partial charge >= 0.3 is 0 Å². The third-order valence-electron chi connectivity index (χ3n) is 6.02. The number of fused-ring (bicyclic) bond motifs is 2. The number of carbonyl (C=O) groups excluding carboxylic acids is 1. The van der Waals surface area contributed by atoms with Crippen LogP contribution in [0.25, 0.3) is 0 Å². The Morgan fingerprint density at radius 2 is 2.14 bits per heavy atom. The number of nitrogens with zero attached hydrogens (tertiary/aromatic N) is 5. The lowest BCUT2D eigenvalue weighted by molar-refractivity contribution is -0.133. The fraction of sp³-hybridized carbons (Fsp3) is 0.524. The molecular formula is C21H27N5O2. The van der Waals surface area contributed by atoms with Crippen LogP contribution in [0.4, 0.5) is 5.95 Å². The van der Waals surface area contributed by atoms with Gasteiger partial charge in [0.25, 0.3) is 5.56 Å². The first-order chi connectivity index (χ1) is 13.5. The molecule has 1 atom stereocenters. The van der Waals surface area contributed by atoms with E-state index >= 15 is 0 Å². The number of amides is 1. The molecule has 1 spiro atoms. The first-order valence-corrected chi connectivity index (χ1v) is 9.95. The number of hydrogen-bond acceptors (Lipinski definition) is 5. The van der Waals surface area contributed by atoms with Crippen molar-refractivity contribution in [1.29, 1.82) is 0 Å². The maximum atomic E-state index is 12.9. The lowest BCUT2D eigenvalue weighted by atomic mass is 9.77. The summed E-state index contributed by atoms with van der Waals surface area (Å²) in [6, 6.07) is 5.06. The normalized spacial score (nSPS) is 21.0. The zero-order valence-electron chi connectivity index (χ0n) is 16.6. The maximum Gasteiger partial charge on any atom is 0.250 e. The molecule has 2 aliphatic rings.